The first-order chi connectivity index (χ1) is 9.29. The number of H-pyrrole nitrogens is 1. The van der Waals surface area contributed by atoms with Crippen molar-refractivity contribution in [2.24, 2.45) is 5.92 Å². The minimum atomic E-state index is 0.235. The van der Waals surface area contributed by atoms with Crippen molar-refractivity contribution in [1.29, 1.82) is 0 Å². The van der Waals surface area contributed by atoms with Gasteiger partial charge in [0.2, 0.25) is 5.91 Å². The van der Waals surface area contributed by atoms with Gasteiger partial charge in [0.1, 0.15) is 5.82 Å². The van der Waals surface area contributed by atoms with Gasteiger partial charge < -0.3 is 9.88 Å². The first-order valence-electron chi connectivity index (χ1n) is 7.02. The lowest BCUT2D eigenvalue weighted by atomic mass is 10.1. The van der Waals surface area contributed by atoms with E-state index in [1.807, 2.05) is 29.2 Å². The standard InChI is InChI=1S/C15H17N3O/c19-14-7-11(9-18(14)8-10-5-6-10)15-16-12-3-1-2-4-13(12)17-15/h1-4,10-11H,5-9H2,(H,16,17)/t11-/m0/s1. The first kappa shape index (κ1) is 11.0. The number of carbonyl (C=O) groups excluding carboxylic acids is 1. The predicted octanol–water partition coefficient (Wildman–Crippen LogP) is 2.29. The molecule has 1 saturated heterocycles. The number of fused-ring (bicyclic) bond motifs is 1. The molecule has 2 aromatic rings. The van der Waals surface area contributed by atoms with Crippen molar-refractivity contribution in [2.45, 2.75) is 25.2 Å². The number of para-hydroxylation sites is 2. The number of rotatable bonds is 3. The lowest BCUT2D eigenvalue weighted by molar-refractivity contribution is -0.127. The van der Waals surface area contributed by atoms with Crippen LogP contribution in [0.2, 0.25) is 0 Å². The van der Waals surface area contributed by atoms with E-state index in [-0.39, 0.29) is 11.8 Å². The second-order valence-corrected chi connectivity index (χ2v) is 5.78. The molecule has 0 bridgehead atoms. The first-order valence-corrected chi connectivity index (χ1v) is 7.02. The van der Waals surface area contributed by atoms with Crippen LogP contribution in [0.4, 0.5) is 0 Å². The Hall–Kier alpha value is -1.84. The molecule has 4 nitrogen and oxygen atoms in total. The van der Waals surface area contributed by atoms with E-state index in [9.17, 15) is 4.79 Å². The number of nitrogens with one attached hydrogen (secondary N) is 1. The Morgan fingerprint density at radius 1 is 1.32 bits per heavy atom. The molecule has 2 heterocycles. The molecule has 1 aliphatic carbocycles. The zero-order valence-corrected chi connectivity index (χ0v) is 10.8. The highest BCUT2D eigenvalue weighted by Crippen LogP contribution is 2.34. The van der Waals surface area contributed by atoms with Crippen LogP contribution >= 0.6 is 0 Å². The zero-order chi connectivity index (χ0) is 12.8. The van der Waals surface area contributed by atoms with Crippen molar-refractivity contribution in [2.75, 3.05) is 13.1 Å². The van der Waals surface area contributed by atoms with Gasteiger partial charge in [0.05, 0.1) is 11.0 Å². The summed E-state index contributed by atoms with van der Waals surface area (Å²) in [6.07, 6.45) is 3.19. The van der Waals surface area contributed by atoms with Crippen LogP contribution in [0.15, 0.2) is 24.3 Å². The number of carbonyl (C=O) groups is 1. The van der Waals surface area contributed by atoms with Crippen LogP contribution in [0.1, 0.15) is 31.0 Å². The van der Waals surface area contributed by atoms with Gasteiger partial charge in [-0.05, 0) is 30.9 Å². The van der Waals surface area contributed by atoms with E-state index in [0.29, 0.717) is 6.42 Å². The molecular weight excluding hydrogens is 238 g/mol. The quantitative estimate of drug-likeness (QED) is 0.914. The Morgan fingerprint density at radius 3 is 2.95 bits per heavy atom. The highest BCUT2D eigenvalue weighted by molar-refractivity contribution is 5.80. The average Bonchev–Trinajstić information content (AvgIpc) is 3.00. The summed E-state index contributed by atoms with van der Waals surface area (Å²) in [5.41, 5.74) is 2.05. The third-order valence-electron chi connectivity index (χ3n) is 4.18. The Morgan fingerprint density at radius 2 is 2.16 bits per heavy atom. The lowest BCUT2D eigenvalue weighted by Gasteiger charge is -2.15. The maximum Gasteiger partial charge on any atom is 0.223 e. The second kappa shape index (κ2) is 4.08. The normalized spacial score (nSPS) is 23.5. The number of nitrogens with zero attached hydrogens (tertiary/aromatic N) is 2. The zero-order valence-electron chi connectivity index (χ0n) is 10.8. The maximum atomic E-state index is 12.0. The summed E-state index contributed by atoms with van der Waals surface area (Å²) in [5, 5.41) is 0. The van der Waals surface area contributed by atoms with Gasteiger partial charge in [-0.25, -0.2) is 4.98 Å². The summed E-state index contributed by atoms with van der Waals surface area (Å²) < 4.78 is 0. The molecule has 1 N–H and O–H groups in total. The number of amides is 1. The molecule has 1 aromatic carbocycles. The largest absolute Gasteiger partial charge is 0.342 e. The molecule has 1 aliphatic heterocycles. The summed E-state index contributed by atoms with van der Waals surface area (Å²) >= 11 is 0. The molecule has 1 atom stereocenters. The predicted molar refractivity (Wildman–Crippen MR) is 72.8 cm³/mol. The summed E-state index contributed by atoms with van der Waals surface area (Å²) in [4.78, 5) is 22.0. The van der Waals surface area contributed by atoms with E-state index in [2.05, 4.69) is 9.97 Å². The van der Waals surface area contributed by atoms with Crippen molar-refractivity contribution in [3.63, 3.8) is 0 Å². The Labute approximate surface area is 111 Å². The number of aromatic amines is 1. The minimum Gasteiger partial charge on any atom is -0.342 e. The molecule has 1 amide bonds. The minimum absolute atomic E-state index is 0.235. The fourth-order valence-corrected chi connectivity index (χ4v) is 2.91. The van der Waals surface area contributed by atoms with Crippen molar-refractivity contribution in [1.82, 2.24) is 14.9 Å². The smallest absolute Gasteiger partial charge is 0.223 e. The number of imidazole rings is 1. The van der Waals surface area contributed by atoms with Crippen molar-refractivity contribution < 1.29 is 4.79 Å². The summed E-state index contributed by atoms with van der Waals surface area (Å²) in [6.45, 7) is 1.78. The number of aromatic nitrogens is 2. The van der Waals surface area contributed by atoms with Gasteiger partial charge in [0, 0.05) is 25.4 Å². The van der Waals surface area contributed by atoms with E-state index < -0.39 is 0 Å². The van der Waals surface area contributed by atoms with E-state index in [4.69, 9.17) is 0 Å². The number of likely N-dealkylation sites (tertiary alicyclic amines) is 1. The topological polar surface area (TPSA) is 49.0 Å². The summed E-state index contributed by atoms with van der Waals surface area (Å²) in [5.74, 6) is 2.25. The summed E-state index contributed by atoms with van der Waals surface area (Å²) in [6, 6.07) is 8.04. The molecule has 1 aromatic heterocycles. The van der Waals surface area contributed by atoms with Crippen LogP contribution in [0.25, 0.3) is 11.0 Å². The van der Waals surface area contributed by atoms with Gasteiger partial charge in [-0.2, -0.15) is 0 Å². The molecule has 2 aliphatic rings. The molecule has 0 unspecified atom stereocenters. The van der Waals surface area contributed by atoms with Gasteiger partial charge in [-0.3, -0.25) is 4.79 Å². The maximum absolute atomic E-state index is 12.0. The molecule has 1 saturated carbocycles. The van der Waals surface area contributed by atoms with E-state index in [1.54, 1.807) is 0 Å². The van der Waals surface area contributed by atoms with Crippen LogP contribution in [-0.4, -0.2) is 33.9 Å². The van der Waals surface area contributed by atoms with Crippen LogP contribution in [0.3, 0.4) is 0 Å². The second-order valence-electron chi connectivity index (χ2n) is 5.78. The van der Waals surface area contributed by atoms with Crippen LogP contribution in [0, 0.1) is 5.92 Å². The molecular formula is C15H17N3O. The Kier molecular flexibility index (Phi) is 2.37. The summed E-state index contributed by atoms with van der Waals surface area (Å²) in [7, 11) is 0. The molecule has 4 heteroatoms. The van der Waals surface area contributed by atoms with Crippen LogP contribution < -0.4 is 0 Å². The van der Waals surface area contributed by atoms with Gasteiger partial charge >= 0.3 is 0 Å². The molecule has 0 radical (unpaired) electrons. The highest BCUT2D eigenvalue weighted by atomic mass is 16.2. The number of benzene rings is 1. The Balaban J connectivity index is 1.57. The van der Waals surface area contributed by atoms with Crippen LogP contribution in [-0.2, 0) is 4.79 Å². The van der Waals surface area contributed by atoms with Crippen LogP contribution in [0.5, 0.6) is 0 Å². The lowest BCUT2D eigenvalue weighted by Crippen LogP contribution is -2.27. The highest BCUT2D eigenvalue weighted by Gasteiger charge is 2.35. The molecule has 98 valence electrons. The Bertz CT molecular complexity index is 596. The van der Waals surface area contributed by atoms with E-state index >= 15 is 0 Å². The SMILES string of the molecule is O=C1C[C@H](c2nc3ccccc3[nH]2)CN1CC1CC1. The van der Waals surface area contributed by atoms with Gasteiger partial charge in [-0.15, -0.1) is 0 Å². The molecule has 2 fully saturated rings. The van der Waals surface area contributed by atoms with E-state index in [0.717, 1.165) is 35.9 Å². The van der Waals surface area contributed by atoms with Gasteiger partial charge in [0.15, 0.2) is 0 Å². The third-order valence-corrected chi connectivity index (χ3v) is 4.18. The van der Waals surface area contributed by atoms with Gasteiger partial charge in [-0.1, -0.05) is 12.1 Å². The molecule has 4 rings (SSSR count). The number of hydrogen-bond donors (Lipinski definition) is 1. The van der Waals surface area contributed by atoms with Crippen molar-refractivity contribution >= 4 is 16.9 Å². The van der Waals surface area contributed by atoms with Crippen molar-refractivity contribution in [3.8, 4) is 0 Å². The molecule has 0 spiro atoms. The molecule has 19 heavy (non-hydrogen) atoms. The van der Waals surface area contributed by atoms with Crippen molar-refractivity contribution in [3.05, 3.63) is 30.1 Å². The fourth-order valence-electron chi connectivity index (χ4n) is 2.91. The fraction of sp³-hybridized carbons (Fsp3) is 0.467. The van der Waals surface area contributed by atoms with Gasteiger partial charge in [0.25, 0.3) is 0 Å². The number of hydrogen-bond acceptors (Lipinski definition) is 2. The van der Waals surface area contributed by atoms with E-state index in [1.165, 1.54) is 12.8 Å². The monoisotopic (exact) mass is 255 g/mol. The average molecular weight is 255 g/mol. The third kappa shape index (κ3) is 2.01.